The number of carbonyl (C=O) groups excluding carboxylic acids is 1. The van der Waals surface area contributed by atoms with Crippen LogP contribution in [0.4, 0.5) is 0 Å². The van der Waals surface area contributed by atoms with Crippen molar-refractivity contribution in [3.8, 4) is 0 Å². The minimum Gasteiger partial charge on any atom is -0.468 e. The molecule has 0 aliphatic rings. The van der Waals surface area contributed by atoms with Crippen LogP contribution in [0.5, 0.6) is 0 Å². The van der Waals surface area contributed by atoms with E-state index < -0.39 is 18.7 Å². The van der Waals surface area contributed by atoms with Crippen LogP contribution in [-0.4, -0.2) is 27.2 Å². The van der Waals surface area contributed by atoms with Crippen molar-refractivity contribution < 1.29 is 17.9 Å². The van der Waals surface area contributed by atoms with Crippen LogP contribution < -0.4 is 0 Å². The van der Waals surface area contributed by atoms with Gasteiger partial charge in [-0.25, -0.2) is 8.42 Å². The summed E-state index contributed by atoms with van der Waals surface area (Å²) < 4.78 is 24.7. The molecule has 0 rings (SSSR count). The van der Waals surface area contributed by atoms with Crippen molar-refractivity contribution in [3.05, 3.63) is 0 Å². The van der Waals surface area contributed by atoms with E-state index in [0.717, 1.165) is 7.11 Å². The van der Waals surface area contributed by atoms with Gasteiger partial charge >= 0.3 is 5.97 Å². The van der Waals surface area contributed by atoms with E-state index in [-0.39, 0.29) is 0 Å². The fraction of sp³-hybridized carbons (Fsp3) is 0.667. The molecule has 0 atom stereocenters. The Kier molecular flexibility index (Phi) is 3.41. The minimum atomic E-state index is -3.24. The van der Waals surface area contributed by atoms with Crippen LogP contribution in [0, 0.1) is 0 Å². The van der Waals surface area contributed by atoms with Crippen molar-refractivity contribution in [2.45, 2.75) is 0 Å². The molecule has 6 heteroatoms. The van der Waals surface area contributed by atoms with Crippen LogP contribution in [0.1, 0.15) is 0 Å². The molecule has 0 saturated carbocycles. The van der Waals surface area contributed by atoms with Gasteiger partial charge in [-0.3, -0.25) is 4.79 Å². The highest BCUT2D eigenvalue weighted by atomic mass is 127. The Hall–Kier alpha value is 0.150. The molecule has 0 fully saturated rings. The van der Waals surface area contributed by atoms with Crippen molar-refractivity contribution >= 4 is 34.2 Å². The van der Waals surface area contributed by atoms with Crippen molar-refractivity contribution in [1.29, 1.82) is 0 Å². The molecule has 0 aliphatic carbocycles. The molecule has 0 aromatic carbocycles. The molecule has 0 heterocycles. The van der Waals surface area contributed by atoms with Crippen LogP contribution in [0.25, 0.3) is 0 Å². The van der Waals surface area contributed by atoms with Crippen LogP contribution in [0.2, 0.25) is 0 Å². The summed E-state index contributed by atoms with van der Waals surface area (Å²) in [6.45, 7) is 0. The zero-order valence-electron chi connectivity index (χ0n) is 4.63. The zero-order valence-corrected chi connectivity index (χ0v) is 7.60. The van der Waals surface area contributed by atoms with Gasteiger partial charge in [0.05, 0.1) is 28.3 Å². The molecule has 0 unspecified atom stereocenters. The number of rotatable bonds is 2. The number of halogens is 1. The fourth-order valence-corrected chi connectivity index (χ4v) is 1.36. The van der Waals surface area contributed by atoms with E-state index in [1.807, 2.05) is 0 Å². The van der Waals surface area contributed by atoms with Gasteiger partial charge in [-0.1, -0.05) is 0 Å². The molecule has 0 aliphatic heterocycles. The van der Waals surface area contributed by atoms with Gasteiger partial charge in [-0.05, 0) is 0 Å². The molecule has 0 aromatic rings. The van der Waals surface area contributed by atoms with Crippen molar-refractivity contribution in [3.63, 3.8) is 0 Å². The molecule has 9 heavy (non-hydrogen) atoms. The molecule has 0 saturated heterocycles. The van der Waals surface area contributed by atoms with Crippen LogP contribution in [0.3, 0.4) is 0 Å². The number of methoxy groups -OCH3 is 1. The predicted molar refractivity (Wildman–Crippen MR) is 39.8 cm³/mol. The summed E-state index contributed by atoms with van der Waals surface area (Å²) in [6.07, 6.45) is 0. The van der Waals surface area contributed by atoms with Gasteiger partial charge in [0.1, 0.15) is 0 Å². The minimum absolute atomic E-state index is 0.552. The van der Waals surface area contributed by atoms with Crippen molar-refractivity contribution in [2.24, 2.45) is 0 Å². The van der Waals surface area contributed by atoms with E-state index in [9.17, 15) is 13.2 Å². The smallest absolute Gasteiger partial charge is 0.321 e. The first-order valence-electron chi connectivity index (χ1n) is 1.95. The summed E-state index contributed by atoms with van der Waals surface area (Å²) in [5.41, 5.74) is 0. The molecule has 0 amide bonds. The molecule has 0 spiro atoms. The summed E-state index contributed by atoms with van der Waals surface area (Å²) in [4.78, 5) is 10.2. The molecule has 0 N–H and O–H groups in total. The van der Waals surface area contributed by atoms with Crippen LogP contribution >= 0.6 is 21.2 Å². The topological polar surface area (TPSA) is 60.4 Å². The van der Waals surface area contributed by atoms with E-state index in [0.29, 0.717) is 0 Å². The predicted octanol–water partition coefficient (Wildman–Crippen LogP) is -0.0758. The van der Waals surface area contributed by atoms with Gasteiger partial charge < -0.3 is 4.74 Å². The lowest BCUT2D eigenvalue weighted by Gasteiger charge is -1.92. The molecule has 0 bridgehead atoms. The quantitative estimate of drug-likeness (QED) is 0.398. The van der Waals surface area contributed by atoms with E-state index in [1.165, 1.54) is 21.2 Å². The molecule has 0 aromatic heterocycles. The lowest BCUT2D eigenvalue weighted by Crippen LogP contribution is -2.11. The Bertz CT molecular complexity index is 194. The van der Waals surface area contributed by atoms with Crippen LogP contribution in [-0.2, 0) is 16.5 Å². The third kappa shape index (κ3) is 6.03. The van der Waals surface area contributed by atoms with Gasteiger partial charge in [-0.15, -0.1) is 0 Å². The molecular formula is C3H5IO4S. The second kappa shape index (κ2) is 3.35. The number of carbonyl (C=O) groups is 1. The van der Waals surface area contributed by atoms with Gasteiger partial charge in [-0.2, -0.15) is 0 Å². The summed E-state index contributed by atoms with van der Waals surface area (Å²) in [5, 5.41) is 0. The molecule has 54 valence electrons. The first-order chi connectivity index (χ1) is 3.95. The number of ether oxygens (including phenoxy) is 1. The lowest BCUT2D eigenvalue weighted by molar-refractivity contribution is -0.137. The monoisotopic (exact) mass is 264 g/mol. The third-order valence-corrected chi connectivity index (χ3v) is 2.03. The largest absolute Gasteiger partial charge is 0.468 e. The normalized spacial score (nSPS) is 10.9. The van der Waals surface area contributed by atoms with Crippen LogP contribution in [0.15, 0.2) is 0 Å². The molecule has 0 radical (unpaired) electrons. The summed E-state index contributed by atoms with van der Waals surface area (Å²) in [5.74, 6) is -1.28. The molecular weight excluding hydrogens is 259 g/mol. The van der Waals surface area contributed by atoms with Gasteiger partial charge in [0, 0.05) is 0 Å². The van der Waals surface area contributed by atoms with Crippen molar-refractivity contribution in [2.75, 3.05) is 12.9 Å². The van der Waals surface area contributed by atoms with E-state index in [2.05, 4.69) is 4.74 Å². The Morgan fingerprint density at radius 1 is 1.67 bits per heavy atom. The average molecular weight is 264 g/mol. The Morgan fingerprint density at radius 2 is 2.11 bits per heavy atom. The first-order valence-corrected chi connectivity index (χ1v) is 6.14. The zero-order chi connectivity index (χ0) is 7.49. The Morgan fingerprint density at radius 3 is 2.22 bits per heavy atom. The average Bonchev–Trinajstić information content (AvgIpc) is 1.62. The van der Waals surface area contributed by atoms with Gasteiger partial charge in [0.2, 0.25) is 7.01 Å². The van der Waals surface area contributed by atoms with E-state index in [1.54, 1.807) is 0 Å². The summed E-state index contributed by atoms with van der Waals surface area (Å²) >= 11 is 1.19. The van der Waals surface area contributed by atoms with Gasteiger partial charge in [0.25, 0.3) is 0 Å². The Balaban J connectivity index is 3.91. The number of esters is 1. The standard InChI is InChI=1S/C3H5IO4S/c1-8-3(5)2-9(4,6)7/h2H2,1H3. The van der Waals surface area contributed by atoms with Crippen molar-refractivity contribution in [1.82, 2.24) is 0 Å². The first kappa shape index (κ1) is 9.15. The van der Waals surface area contributed by atoms with E-state index >= 15 is 0 Å². The maximum atomic E-state index is 10.3. The lowest BCUT2D eigenvalue weighted by atomic mass is 10.8. The second-order valence-corrected chi connectivity index (χ2v) is 6.65. The second-order valence-electron chi connectivity index (χ2n) is 1.26. The summed E-state index contributed by atoms with van der Waals surface area (Å²) in [7, 11) is -2.10. The van der Waals surface area contributed by atoms with E-state index in [4.69, 9.17) is 0 Å². The fourth-order valence-electron chi connectivity index (χ4n) is 0.200. The number of hydrogen-bond acceptors (Lipinski definition) is 4. The highest BCUT2D eigenvalue weighted by molar-refractivity contribution is 14.2. The maximum Gasteiger partial charge on any atom is 0.321 e. The highest BCUT2D eigenvalue weighted by Gasteiger charge is 2.11. The highest BCUT2D eigenvalue weighted by Crippen LogP contribution is 2.00. The SMILES string of the molecule is COC(=O)CS(=O)(=O)I. The van der Waals surface area contributed by atoms with Gasteiger partial charge in [0.15, 0.2) is 5.75 Å². The number of hydrogen-bond donors (Lipinski definition) is 0. The maximum absolute atomic E-state index is 10.3. The molecule has 4 nitrogen and oxygen atoms in total. The summed E-state index contributed by atoms with van der Waals surface area (Å²) in [6, 6.07) is 0. The third-order valence-electron chi connectivity index (χ3n) is 0.518. The Labute approximate surface area is 65.1 Å².